The Hall–Kier alpha value is -2.04. The van der Waals surface area contributed by atoms with Gasteiger partial charge in [-0.2, -0.15) is 0 Å². The number of fused-ring (bicyclic) bond motifs is 1. The van der Waals surface area contributed by atoms with Gasteiger partial charge in [-0.3, -0.25) is 14.5 Å². The summed E-state index contributed by atoms with van der Waals surface area (Å²) in [5.74, 6) is 0.894. The Labute approximate surface area is 156 Å². The van der Waals surface area contributed by atoms with Crippen molar-refractivity contribution in [2.45, 2.75) is 64.8 Å². The Kier molecular flexibility index (Phi) is 5.26. The summed E-state index contributed by atoms with van der Waals surface area (Å²) < 4.78 is 5.56. The normalized spacial score (nSPS) is 23.2. The number of nitrogens with one attached hydrogen (secondary N) is 1. The number of hydrogen-bond donors (Lipinski definition) is 1. The lowest BCUT2D eigenvalue weighted by Gasteiger charge is -2.33. The minimum atomic E-state index is -0.171. The molecule has 1 aromatic carbocycles. The fraction of sp³-hybridized carbons (Fsp3) is 0.619. The van der Waals surface area contributed by atoms with Gasteiger partial charge in [-0.05, 0) is 41.9 Å². The smallest absolute Gasteiger partial charge is 0.265 e. The monoisotopic (exact) mass is 358 g/mol. The van der Waals surface area contributed by atoms with Gasteiger partial charge in [0, 0.05) is 6.04 Å². The zero-order valence-electron chi connectivity index (χ0n) is 16.3. The maximum Gasteiger partial charge on any atom is 0.265 e. The van der Waals surface area contributed by atoms with Gasteiger partial charge in [-0.15, -0.1) is 0 Å². The second kappa shape index (κ2) is 7.29. The van der Waals surface area contributed by atoms with Crippen LogP contribution in [0.4, 0.5) is 5.69 Å². The van der Waals surface area contributed by atoms with E-state index in [-0.39, 0.29) is 36.4 Å². The molecule has 0 saturated heterocycles. The molecule has 1 saturated carbocycles. The van der Waals surface area contributed by atoms with E-state index in [0.29, 0.717) is 17.4 Å². The van der Waals surface area contributed by atoms with Crippen molar-refractivity contribution in [3.63, 3.8) is 0 Å². The molecule has 1 aromatic rings. The molecule has 142 valence electrons. The van der Waals surface area contributed by atoms with Gasteiger partial charge < -0.3 is 10.1 Å². The Bertz CT molecular complexity index is 693. The number of anilines is 1. The van der Waals surface area contributed by atoms with Crippen LogP contribution in [-0.4, -0.2) is 31.0 Å². The largest absolute Gasteiger partial charge is 0.482 e. The molecule has 1 fully saturated rings. The molecule has 3 rings (SSSR count). The average Bonchev–Trinajstić information content (AvgIpc) is 2.58. The van der Waals surface area contributed by atoms with Gasteiger partial charge in [0.05, 0.1) is 5.69 Å². The summed E-state index contributed by atoms with van der Waals surface area (Å²) in [6, 6.07) is 6.11. The molecular formula is C21H30N2O3. The van der Waals surface area contributed by atoms with Crippen molar-refractivity contribution < 1.29 is 14.3 Å². The molecule has 2 atom stereocenters. The van der Waals surface area contributed by atoms with E-state index >= 15 is 0 Å². The van der Waals surface area contributed by atoms with Gasteiger partial charge in [-0.1, -0.05) is 46.6 Å². The molecular weight excluding hydrogens is 328 g/mol. The molecule has 2 amide bonds. The Morgan fingerprint density at radius 3 is 2.69 bits per heavy atom. The topological polar surface area (TPSA) is 58.6 Å². The van der Waals surface area contributed by atoms with Crippen molar-refractivity contribution in [1.82, 2.24) is 5.32 Å². The molecule has 0 aromatic heterocycles. The van der Waals surface area contributed by atoms with E-state index in [9.17, 15) is 9.59 Å². The van der Waals surface area contributed by atoms with E-state index < -0.39 is 0 Å². The van der Waals surface area contributed by atoms with Crippen molar-refractivity contribution >= 4 is 17.5 Å². The van der Waals surface area contributed by atoms with E-state index in [1.807, 2.05) is 18.2 Å². The van der Waals surface area contributed by atoms with E-state index in [2.05, 4.69) is 33.0 Å². The fourth-order valence-electron chi connectivity index (χ4n) is 3.77. The fourth-order valence-corrected chi connectivity index (χ4v) is 3.77. The summed E-state index contributed by atoms with van der Waals surface area (Å²) in [7, 11) is 0. The summed E-state index contributed by atoms with van der Waals surface area (Å²) in [6.45, 7) is 8.60. The predicted molar refractivity (Wildman–Crippen MR) is 103 cm³/mol. The quantitative estimate of drug-likeness (QED) is 0.901. The number of amides is 2. The van der Waals surface area contributed by atoms with Crippen LogP contribution in [0, 0.1) is 5.92 Å². The van der Waals surface area contributed by atoms with Crippen LogP contribution in [0.2, 0.25) is 0 Å². The highest BCUT2D eigenvalue weighted by atomic mass is 16.5. The highest BCUT2D eigenvalue weighted by molar-refractivity contribution is 6.02. The van der Waals surface area contributed by atoms with Gasteiger partial charge in [0.2, 0.25) is 5.91 Å². The highest BCUT2D eigenvalue weighted by Crippen LogP contribution is 2.36. The van der Waals surface area contributed by atoms with Crippen LogP contribution in [0.5, 0.6) is 5.75 Å². The Morgan fingerprint density at radius 2 is 2.00 bits per heavy atom. The first-order chi connectivity index (χ1) is 12.3. The summed E-state index contributed by atoms with van der Waals surface area (Å²) in [6.07, 6.45) is 4.57. The Morgan fingerprint density at radius 1 is 1.27 bits per heavy atom. The van der Waals surface area contributed by atoms with Gasteiger partial charge in [0.15, 0.2) is 6.61 Å². The van der Waals surface area contributed by atoms with Crippen LogP contribution < -0.4 is 15.0 Å². The van der Waals surface area contributed by atoms with Gasteiger partial charge in [-0.25, -0.2) is 0 Å². The molecule has 1 aliphatic carbocycles. The van der Waals surface area contributed by atoms with Crippen molar-refractivity contribution in [2.24, 2.45) is 5.92 Å². The Balaban J connectivity index is 1.77. The molecule has 0 spiro atoms. The van der Waals surface area contributed by atoms with Crippen LogP contribution in [0.15, 0.2) is 18.2 Å². The summed E-state index contributed by atoms with van der Waals surface area (Å²) in [5.41, 5.74) is 1.77. The third-order valence-corrected chi connectivity index (χ3v) is 5.53. The van der Waals surface area contributed by atoms with Crippen molar-refractivity contribution in [3.05, 3.63) is 23.8 Å². The lowest BCUT2D eigenvalue weighted by molar-refractivity contribution is -0.126. The molecule has 5 heteroatoms. The average molecular weight is 358 g/mol. The predicted octanol–water partition coefficient (Wildman–Crippen LogP) is 3.40. The first-order valence-electron chi connectivity index (χ1n) is 9.63. The summed E-state index contributed by atoms with van der Waals surface area (Å²) >= 11 is 0. The van der Waals surface area contributed by atoms with Crippen molar-refractivity contribution in [2.75, 3.05) is 18.1 Å². The van der Waals surface area contributed by atoms with Gasteiger partial charge in [0.25, 0.3) is 5.91 Å². The van der Waals surface area contributed by atoms with Gasteiger partial charge in [0.1, 0.15) is 12.3 Å². The first kappa shape index (κ1) is 18.7. The van der Waals surface area contributed by atoms with E-state index in [0.717, 1.165) is 24.8 Å². The number of carbonyl (C=O) groups is 2. The van der Waals surface area contributed by atoms with Crippen LogP contribution in [0.1, 0.15) is 58.9 Å². The van der Waals surface area contributed by atoms with Crippen LogP contribution in [0.3, 0.4) is 0 Å². The molecule has 0 radical (unpaired) electrons. The van der Waals surface area contributed by atoms with Crippen LogP contribution >= 0.6 is 0 Å². The maximum absolute atomic E-state index is 12.6. The minimum absolute atomic E-state index is 0.0189. The first-order valence-corrected chi connectivity index (χ1v) is 9.63. The lowest BCUT2D eigenvalue weighted by atomic mass is 9.86. The molecule has 0 bridgehead atoms. The molecule has 2 unspecified atom stereocenters. The number of rotatable bonds is 3. The van der Waals surface area contributed by atoms with E-state index in [1.54, 1.807) is 4.90 Å². The SMILES string of the molecule is CC1CCCCC1NC(=O)CN1C(=O)COc2ccc(C(C)(C)C)cc21. The lowest BCUT2D eigenvalue weighted by Crippen LogP contribution is -2.49. The zero-order chi connectivity index (χ0) is 18.9. The second-order valence-electron chi connectivity index (χ2n) is 8.64. The van der Waals surface area contributed by atoms with Crippen LogP contribution in [-0.2, 0) is 15.0 Å². The maximum atomic E-state index is 12.6. The molecule has 2 aliphatic rings. The van der Waals surface area contributed by atoms with Crippen molar-refractivity contribution in [3.8, 4) is 5.75 Å². The third kappa shape index (κ3) is 4.02. The number of hydrogen-bond acceptors (Lipinski definition) is 3. The second-order valence-corrected chi connectivity index (χ2v) is 8.64. The molecule has 1 aliphatic heterocycles. The number of benzene rings is 1. The minimum Gasteiger partial charge on any atom is -0.482 e. The van der Waals surface area contributed by atoms with E-state index in [1.165, 1.54) is 6.42 Å². The standard InChI is InChI=1S/C21H30N2O3/c1-14-7-5-6-8-16(14)22-19(24)12-23-17-11-15(21(2,3)4)9-10-18(17)26-13-20(23)25/h9-11,14,16H,5-8,12-13H2,1-4H3,(H,22,24). The molecule has 26 heavy (non-hydrogen) atoms. The van der Waals surface area contributed by atoms with Gasteiger partial charge >= 0.3 is 0 Å². The summed E-state index contributed by atoms with van der Waals surface area (Å²) in [4.78, 5) is 26.6. The number of nitrogens with zero attached hydrogens (tertiary/aromatic N) is 1. The zero-order valence-corrected chi connectivity index (χ0v) is 16.3. The molecule has 1 N–H and O–H groups in total. The number of ether oxygens (including phenoxy) is 1. The van der Waals surface area contributed by atoms with Crippen molar-refractivity contribution in [1.29, 1.82) is 0 Å². The highest BCUT2D eigenvalue weighted by Gasteiger charge is 2.30. The summed E-state index contributed by atoms with van der Waals surface area (Å²) in [5, 5.41) is 3.14. The van der Waals surface area contributed by atoms with Crippen LogP contribution in [0.25, 0.3) is 0 Å². The molecule has 1 heterocycles. The molecule has 5 nitrogen and oxygen atoms in total. The number of carbonyl (C=O) groups excluding carboxylic acids is 2. The van der Waals surface area contributed by atoms with E-state index in [4.69, 9.17) is 4.74 Å². The third-order valence-electron chi connectivity index (χ3n) is 5.53.